The molecule has 1 heterocycles. The largest absolute Gasteiger partial charge is 0.419 e. The Hall–Kier alpha value is -5.26. The number of anilines is 3. The minimum Gasteiger partial charge on any atom is -0.355 e. The summed E-state index contributed by atoms with van der Waals surface area (Å²) < 4.78 is 67.8. The predicted molar refractivity (Wildman–Crippen MR) is 157 cm³/mol. The lowest BCUT2D eigenvalue weighted by Crippen LogP contribution is -2.50. The molecule has 0 aliphatic heterocycles. The molecule has 0 aliphatic rings. The highest BCUT2D eigenvalue weighted by molar-refractivity contribution is 5.92. The molecule has 44 heavy (non-hydrogen) atoms. The maximum Gasteiger partial charge on any atom is 0.419 e. The van der Waals surface area contributed by atoms with Crippen LogP contribution in [0, 0.1) is 11.6 Å². The van der Waals surface area contributed by atoms with Crippen molar-refractivity contribution in [2.45, 2.75) is 32.1 Å². The third kappa shape index (κ3) is 6.54. The van der Waals surface area contributed by atoms with Crippen molar-refractivity contribution >= 4 is 40.4 Å². The zero-order chi connectivity index (χ0) is 31.6. The number of urea groups is 1. The van der Waals surface area contributed by atoms with Gasteiger partial charge in [0.25, 0.3) is 0 Å². The first-order valence-electron chi connectivity index (χ1n) is 13.4. The summed E-state index contributed by atoms with van der Waals surface area (Å²) in [5.41, 5.74) is 0.518. The van der Waals surface area contributed by atoms with Crippen LogP contribution in [-0.4, -0.2) is 32.7 Å². The van der Waals surface area contributed by atoms with Crippen LogP contribution in [0.4, 0.5) is 43.8 Å². The lowest BCUT2D eigenvalue weighted by molar-refractivity contribution is -0.139. The second-order valence-electron chi connectivity index (χ2n) is 10.6. The van der Waals surface area contributed by atoms with Gasteiger partial charge in [-0.05, 0) is 86.1 Å². The zero-order valence-corrected chi connectivity index (χ0v) is 23.5. The average molecular weight is 608 g/mol. The maximum atomic E-state index is 14.4. The Labute approximate surface area is 248 Å². The van der Waals surface area contributed by atoms with E-state index < -0.39 is 34.9 Å². The fraction of sp³-hybridized carbons (Fsp3) is 0.156. The Kier molecular flexibility index (Phi) is 8.09. The highest BCUT2D eigenvalue weighted by Gasteiger charge is 2.35. The zero-order valence-electron chi connectivity index (χ0n) is 23.5. The number of alkyl halides is 3. The molecule has 7 nitrogen and oxygen atoms in total. The third-order valence-corrected chi connectivity index (χ3v) is 6.98. The fourth-order valence-corrected chi connectivity index (χ4v) is 4.54. The van der Waals surface area contributed by atoms with Gasteiger partial charge in [-0.3, -0.25) is 0 Å². The second-order valence-corrected chi connectivity index (χ2v) is 10.6. The van der Waals surface area contributed by atoms with Crippen LogP contribution in [0.15, 0.2) is 84.9 Å². The Morgan fingerprint density at radius 1 is 0.932 bits per heavy atom. The van der Waals surface area contributed by atoms with Crippen molar-refractivity contribution in [3.63, 3.8) is 0 Å². The third-order valence-electron chi connectivity index (χ3n) is 6.98. The Bertz CT molecular complexity index is 1800. The quantitative estimate of drug-likeness (QED) is 0.122. The number of carbonyl (C=O) groups is 2. The molecule has 5 rings (SSSR count). The summed E-state index contributed by atoms with van der Waals surface area (Å²) in [4.78, 5) is 34.2. The maximum absolute atomic E-state index is 14.4. The summed E-state index contributed by atoms with van der Waals surface area (Å²) in [5.74, 6) is -1.38. The highest BCUT2D eigenvalue weighted by atomic mass is 19.4. The molecule has 2 amide bonds. The normalized spacial score (nSPS) is 11.8. The molecule has 0 atom stereocenters. The highest BCUT2D eigenvalue weighted by Crippen LogP contribution is 2.34. The number of carbonyl (C=O) groups excluding carboxylic acids is 2. The van der Waals surface area contributed by atoms with Gasteiger partial charge in [0.1, 0.15) is 23.7 Å². The van der Waals surface area contributed by atoms with Crippen LogP contribution in [-0.2, 0) is 17.5 Å². The summed E-state index contributed by atoms with van der Waals surface area (Å²) in [6.45, 7) is 2.65. The average Bonchev–Trinajstić information content (AvgIpc) is 3.42. The molecule has 0 saturated heterocycles. The molecule has 0 aliphatic carbocycles. The molecule has 0 unspecified atom stereocenters. The van der Waals surface area contributed by atoms with Crippen LogP contribution < -0.4 is 10.6 Å². The van der Waals surface area contributed by atoms with E-state index in [1.165, 1.54) is 32.0 Å². The van der Waals surface area contributed by atoms with Gasteiger partial charge in [0, 0.05) is 22.6 Å². The van der Waals surface area contributed by atoms with Crippen LogP contribution >= 0.6 is 0 Å². The number of nitrogens with one attached hydrogen (secondary N) is 3. The number of halogens is 5. The number of H-pyrrole nitrogens is 1. The SMILES string of the molecule is CC(C)(C=O)N(Cc1ccc(F)cc1Nc1ccc(-c2nc3ccccc3[nH]2)cc1)C(=O)Nc1ccc(F)c(C(F)(F)F)c1. The number of nitrogens with zero attached hydrogens (tertiary/aromatic N) is 2. The first-order valence-corrected chi connectivity index (χ1v) is 13.4. The van der Waals surface area contributed by atoms with E-state index in [0.717, 1.165) is 27.6 Å². The minimum absolute atomic E-state index is 0.232. The monoisotopic (exact) mass is 607 g/mol. The van der Waals surface area contributed by atoms with Gasteiger partial charge < -0.3 is 25.3 Å². The van der Waals surface area contributed by atoms with Crippen LogP contribution in [0.25, 0.3) is 22.4 Å². The molecule has 3 N–H and O–H groups in total. The number of rotatable bonds is 8. The predicted octanol–water partition coefficient (Wildman–Crippen LogP) is 8.28. The summed E-state index contributed by atoms with van der Waals surface area (Å²) in [6, 6.07) is 19.8. The first-order chi connectivity index (χ1) is 20.8. The second kappa shape index (κ2) is 11.8. The van der Waals surface area contributed by atoms with Gasteiger partial charge in [0.2, 0.25) is 0 Å². The van der Waals surface area contributed by atoms with E-state index in [-0.39, 0.29) is 12.2 Å². The van der Waals surface area contributed by atoms with Gasteiger partial charge in [0.05, 0.1) is 28.7 Å². The molecular weight excluding hydrogens is 581 g/mol. The van der Waals surface area contributed by atoms with Gasteiger partial charge in [-0.1, -0.05) is 18.2 Å². The van der Waals surface area contributed by atoms with E-state index in [0.29, 0.717) is 41.2 Å². The van der Waals surface area contributed by atoms with Crippen LogP contribution in [0.1, 0.15) is 25.0 Å². The number of aldehydes is 1. The number of imidazole rings is 1. The number of benzene rings is 4. The van der Waals surface area contributed by atoms with Gasteiger partial charge in [0.15, 0.2) is 0 Å². The summed E-state index contributed by atoms with van der Waals surface area (Å²) in [7, 11) is 0. The molecular formula is C32H26F5N5O2. The molecule has 0 saturated carbocycles. The van der Waals surface area contributed by atoms with E-state index in [1.54, 1.807) is 12.1 Å². The Morgan fingerprint density at radius 2 is 1.64 bits per heavy atom. The van der Waals surface area contributed by atoms with Gasteiger partial charge in [-0.25, -0.2) is 18.6 Å². The summed E-state index contributed by atoms with van der Waals surface area (Å²) in [5, 5.41) is 5.44. The number of amides is 2. The molecule has 0 fully saturated rings. The Balaban J connectivity index is 1.39. The van der Waals surface area contributed by atoms with Crippen molar-refractivity contribution in [3.8, 4) is 11.4 Å². The number of para-hydroxylation sites is 2. The molecule has 0 radical (unpaired) electrons. The van der Waals surface area contributed by atoms with Gasteiger partial charge in [-0.2, -0.15) is 13.2 Å². The van der Waals surface area contributed by atoms with Gasteiger partial charge in [-0.15, -0.1) is 0 Å². The van der Waals surface area contributed by atoms with Gasteiger partial charge >= 0.3 is 12.2 Å². The van der Waals surface area contributed by atoms with E-state index in [1.807, 2.05) is 36.4 Å². The summed E-state index contributed by atoms with van der Waals surface area (Å²) in [6.07, 6.45) is -4.47. The van der Waals surface area contributed by atoms with Crippen LogP contribution in [0.5, 0.6) is 0 Å². The number of hydrogen-bond donors (Lipinski definition) is 3. The molecule has 0 bridgehead atoms. The molecule has 0 spiro atoms. The standard InChI is InChI=1S/C32H26F5N5O2/c1-31(2,18-43)42(30(44)39-23-13-14-25(34)24(16-23)32(35,36)37)17-20-7-10-21(33)15-28(20)38-22-11-8-19(9-12-22)29-40-26-5-3-4-6-27(26)41-29/h3-16,18,38H,17H2,1-2H3,(H,39,44)(H,40,41). The molecule has 4 aromatic carbocycles. The van der Waals surface area contributed by atoms with E-state index in [2.05, 4.69) is 20.6 Å². The molecule has 226 valence electrons. The van der Waals surface area contributed by atoms with Crippen molar-refractivity contribution in [1.82, 2.24) is 14.9 Å². The van der Waals surface area contributed by atoms with Crippen molar-refractivity contribution in [3.05, 3.63) is 108 Å². The topological polar surface area (TPSA) is 90.1 Å². The molecule has 12 heteroatoms. The lowest BCUT2D eigenvalue weighted by atomic mass is 10.0. The lowest BCUT2D eigenvalue weighted by Gasteiger charge is -2.35. The Morgan fingerprint density at radius 3 is 2.32 bits per heavy atom. The molecule has 5 aromatic rings. The smallest absolute Gasteiger partial charge is 0.355 e. The van der Waals surface area contributed by atoms with E-state index >= 15 is 0 Å². The van der Waals surface area contributed by atoms with Crippen molar-refractivity contribution in [2.24, 2.45) is 0 Å². The number of hydrogen-bond acceptors (Lipinski definition) is 4. The number of fused-ring (bicyclic) bond motifs is 1. The summed E-state index contributed by atoms with van der Waals surface area (Å²) >= 11 is 0. The van der Waals surface area contributed by atoms with Crippen molar-refractivity contribution < 1.29 is 31.5 Å². The number of aromatic nitrogens is 2. The minimum atomic E-state index is -4.98. The van der Waals surface area contributed by atoms with E-state index in [4.69, 9.17) is 0 Å². The first kappa shape index (κ1) is 30.2. The van der Waals surface area contributed by atoms with Crippen LogP contribution in [0.3, 0.4) is 0 Å². The molecule has 1 aromatic heterocycles. The van der Waals surface area contributed by atoms with E-state index in [9.17, 15) is 31.5 Å². The van der Waals surface area contributed by atoms with Crippen LogP contribution in [0.2, 0.25) is 0 Å². The number of aromatic amines is 1. The van der Waals surface area contributed by atoms with Crippen molar-refractivity contribution in [1.29, 1.82) is 0 Å². The van der Waals surface area contributed by atoms with Crippen molar-refractivity contribution in [2.75, 3.05) is 10.6 Å². The fourth-order valence-electron chi connectivity index (χ4n) is 4.54.